The van der Waals surface area contributed by atoms with Crippen LogP contribution < -0.4 is 10.6 Å². The van der Waals surface area contributed by atoms with E-state index in [9.17, 15) is 9.59 Å². The number of carbonyl (C=O) groups is 2. The number of nitrogens with one attached hydrogen (secondary N) is 1. The predicted octanol–water partition coefficient (Wildman–Crippen LogP) is 3.57. The third kappa shape index (κ3) is 3.06. The van der Waals surface area contributed by atoms with Gasteiger partial charge in [0.15, 0.2) is 0 Å². The van der Waals surface area contributed by atoms with Crippen LogP contribution in [0.3, 0.4) is 0 Å². The van der Waals surface area contributed by atoms with Gasteiger partial charge in [0.1, 0.15) is 11.5 Å². The highest BCUT2D eigenvalue weighted by atomic mass is 19.1. The average molecular weight is 452 g/mol. The van der Waals surface area contributed by atoms with Gasteiger partial charge in [-0.1, -0.05) is 12.1 Å². The van der Waals surface area contributed by atoms with Crippen LogP contribution in [0.5, 0.6) is 0 Å². The molecule has 1 unspecified atom stereocenters. The summed E-state index contributed by atoms with van der Waals surface area (Å²) in [6, 6.07) is 11.4. The molecular weight excluding hydrogens is 435 g/mol. The van der Waals surface area contributed by atoms with E-state index in [4.69, 9.17) is 5.73 Å². The number of amides is 2. The third-order valence-corrected chi connectivity index (χ3v) is 6.01. The molecule has 1 aromatic carbocycles. The van der Waals surface area contributed by atoms with Gasteiger partial charge in [-0.25, -0.2) is 14.3 Å². The first-order chi connectivity index (χ1) is 16.5. The van der Waals surface area contributed by atoms with Gasteiger partial charge in [-0.3, -0.25) is 19.6 Å². The number of nitrogens with zero attached hydrogens (tertiary/aromatic N) is 4. The molecule has 1 atom stereocenters. The van der Waals surface area contributed by atoms with Crippen molar-refractivity contribution in [3.8, 4) is 22.4 Å². The van der Waals surface area contributed by atoms with Crippen molar-refractivity contribution < 1.29 is 14.0 Å². The summed E-state index contributed by atoms with van der Waals surface area (Å²) in [6.45, 7) is 0. The van der Waals surface area contributed by atoms with E-state index in [-0.39, 0.29) is 12.3 Å². The fourth-order valence-corrected chi connectivity index (χ4v) is 4.39. The first kappa shape index (κ1) is 20.1. The Morgan fingerprint density at radius 2 is 1.85 bits per heavy atom. The number of anilines is 1. The topological polar surface area (TPSA) is 118 Å². The van der Waals surface area contributed by atoms with Crippen LogP contribution in [0.1, 0.15) is 6.42 Å². The first-order valence-electron chi connectivity index (χ1n) is 10.6. The van der Waals surface area contributed by atoms with Crippen molar-refractivity contribution in [2.45, 2.75) is 12.5 Å². The Kier molecular flexibility index (Phi) is 4.46. The van der Waals surface area contributed by atoms with Crippen molar-refractivity contribution in [2.75, 3.05) is 4.90 Å². The molecule has 34 heavy (non-hydrogen) atoms. The van der Waals surface area contributed by atoms with Gasteiger partial charge < -0.3 is 10.7 Å². The van der Waals surface area contributed by atoms with Gasteiger partial charge in [-0.05, 0) is 35.9 Å². The van der Waals surface area contributed by atoms with Crippen molar-refractivity contribution in [1.29, 1.82) is 0 Å². The number of pyridine rings is 3. The molecule has 9 heteroatoms. The zero-order valence-electron chi connectivity index (χ0n) is 17.7. The van der Waals surface area contributed by atoms with E-state index in [1.54, 1.807) is 42.9 Å². The molecule has 2 amide bonds. The molecule has 5 aromatic rings. The summed E-state index contributed by atoms with van der Waals surface area (Å²) in [5.41, 5.74) is 9.85. The second kappa shape index (κ2) is 7.53. The molecule has 0 bridgehead atoms. The number of imide groups is 1. The second-order valence-corrected chi connectivity index (χ2v) is 8.11. The van der Waals surface area contributed by atoms with Crippen molar-refractivity contribution in [3.63, 3.8) is 0 Å². The molecule has 8 nitrogen and oxygen atoms in total. The Balaban J connectivity index is 1.51. The lowest BCUT2D eigenvalue weighted by atomic mass is 10.00. The lowest BCUT2D eigenvalue weighted by molar-refractivity contribution is -0.121. The molecule has 0 radical (unpaired) electrons. The van der Waals surface area contributed by atoms with Gasteiger partial charge in [0.25, 0.3) is 5.91 Å². The van der Waals surface area contributed by atoms with Gasteiger partial charge in [-0.15, -0.1) is 0 Å². The van der Waals surface area contributed by atoms with E-state index >= 15 is 4.39 Å². The van der Waals surface area contributed by atoms with E-state index in [2.05, 4.69) is 19.9 Å². The number of carbonyl (C=O) groups excluding carboxylic acids is 2. The van der Waals surface area contributed by atoms with E-state index in [0.717, 1.165) is 21.4 Å². The number of rotatable bonds is 3. The molecular formula is C25H17FN6O2. The van der Waals surface area contributed by atoms with Crippen LogP contribution in [-0.2, 0) is 9.59 Å². The second-order valence-electron chi connectivity index (χ2n) is 8.11. The highest BCUT2D eigenvalue weighted by Crippen LogP contribution is 2.37. The highest BCUT2D eigenvalue weighted by Gasteiger charge is 2.37. The highest BCUT2D eigenvalue weighted by molar-refractivity contribution is 6.22. The summed E-state index contributed by atoms with van der Waals surface area (Å²) in [5.74, 6) is -1.28. The van der Waals surface area contributed by atoms with Crippen LogP contribution in [-0.4, -0.2) is 37.8 Å². The Hall–Kier alpha value is -4.50. The molecule has 1 aliphatic heterocycles. The molecule has 166 valence electrons. The molecule has 1 aliphatic rings. The minimum atomic E-state index is -0.835. The lowest BCUT2D eigenvalue weighted by Gasteiger charge is -2.15. The van der Waals surface area contributed by atoms with Gasteiger partial charge in [-0.2, -0.15) is 0 Å². The van der Waals surface area contributed by atoms with Crippen LogP contribution in [0.25, 0.3) is 44.3 Å². The minimum Gasteiger partial charge on any atom is -0.338 e. The first-order valence-corrected chi connectivity index (χ1v) is 10.6. The number of aromatic nitrogens is 4. The smallest absolute Gasteiger partial charge is 0.251 e. The van der Waals surface area contributed by atoms with Gasteiger partial charge >= 0.3 is 0 Å². The molecule has 3 N–H and O–H groups in total. The third-order valence-electron chi connectivity index (χ3n) is 6.01. The molecule has 4 aromatic heterocycles. The van der Waals surface area contributed by atoms with Crippen molar-refractivity contribution in [3.05, 3.63) is 73.1 Å². The normalized spacial score (nSPS) is 16.2. The van der Waals surface area contributed by atoms with Crippen molar-refractivity contribution in [1.82, 2.24) is 19.9 Å². The summed E-state index contributed by atoms with van der Waals surface area (Å²) < 4.78 is 15.2. The molecule has 1 saturated heterocycles. The van der Waals surface area contributed by atoms with E-state index in [0.29, 0.717) is 33.5 Å². The molecule has 0 aliphatic carbocycles. The van der Waals surface area contributed by atoms with Gasteiger partial charge in [0.2, 0.25) is 5.91 Å². The Bertz CT molecular complexity index is 1600. The summed E-state index contributed by atoms with van der Waals surface area (Å²) in [6.07, 6.45) is 6.24. The zero-order valence-corrected chi connectivity index (χ0v) is 17.7. The van der Waals surface area contributed by atoms with Crippen molar-refractivity contribution >= 4 is 39.4 Å². The van der Waals surface area contributed by atoms with E-state index < -0.39 is 17.8 Å². The fraction of sp³-hybridized carbons (Fsp3) is 0.0800. The summed E-state index contributed by atoms with van der Waals surface area (Å²) in [7, 11) is 0. The van der Waals surface area contributed by atoms with Crippen LogP contribution in [0, 0.1) is 5.82 Å². The Morgan fingerprint density at radius 1 is 1.03 bits per heavy atom. The monoisotopic (exact) mass is 452 g/mol. The van der Waals surface area contributed by atoms with Crippen molar-refractivity contribution in [2.24, 2.45) is 5.73 Å². The predicted molar refractivity (Wildman–Crippen MR) is 125 cm³/mol. The summed E-state index contributed by atoms with van der Waals surface area (Å²) in [5, 5.41) is 1.39. The quantitative estimate of drug-likeness (QED) is 0.404. The van der Waals surface area contributed by atoms with E-state index in [1.165, 1.54) is 6.20 Å². The largest absolute Gasteiger partial charge is 0.338 e. The number of benzene rings is 1. The number of nitrogens with two attached hydrogens (primary N) is 1. The Labute approximate surface area is 192 Å². The maximum Gasteiger partial charge on any atom is 0.251 e. The molecule has 0 saturated carbocycles. The van der Waals surface area contributed by atoms with Gasteiger partial charge in [0, 0.05) is 34.3 Å². The number of hydrogen-bond donors (Lipinski definition) is 2. The van der Waals surface area contributed by atoms with Crippen LogP contribution >= 0.6 is 0 Å². The minimum absolute atomic E-state index is 0.0250. The lowest BCUT2D eigenvalue weighted by Crippen LogP contribution is -2.35. The molecule has 0 spiro atoms. The van der Waals surface area contributed by atoms with Crippen LogP contribution in [0.4, 0.5) is 10.1 Å². The fourth-order valence-electron chi connectivity index (χ4n) is 4.39. The maximum absolute atomic E-state index is 15.2. The zero-order chi connectivity index (χ0) is 23.4. The SMILES string of the molecule is NC1CC(=O)N(c2ccc(-c3c(F)cnc4[nH]c5cnc(-c6cccnc6)cc5c34)cc2)C1=O. The number of aromatic amines is 1. The average Bonchev–Trinajstić information content (AvgIpc) is 3.35. The number of halogens is 1. The summed E-state index contributed by atoms with van der Waals surface area (Å²) in [4.78, 5) is 41.6. The standard InChI is InChI=1S/C25H17FN6O2/c26-17-11-30-24-23(16-8-19(29-12-20(16)31-24)14-2-1-7-28-10-14)22(17)13-3-5-15(6-4-13)32-21(33)9-18(27)25(32)34/h1-8,10-12,18H,9,27H2,(H,30,31). The van der Waals surface area contributed by atoms with Crippen LogP contribution in [0.15, 0.2) is 67.3 Å². The molecule has 6 rings (SSSR count). The van der Waals surface area contributed by atoms with E-state index in [1.807, 2.05) is 18.2 Å². The van der Waals surface area contributed by atoms with Crippen LogP contribution in [0.2, 0.25) is 0 Å². The number of fused-ring (bicyclic) bond motifs is 3. The maximum atomic E-state index is 15.2. The summed E-state index contributed by atoms with van der Waals surface area (Å²) >= 11 is 0. The molecule has 5 heterocycles. The number of H-pyrrole nitrogens is 1. The van der Waals surface area contributed by atoms with Gasteiger partial charge in [0.05, 0.1) is 41.8 Å². The number of hydrogen-bond acceptors (Lipinski definition) is 6. The Morgan fingerprint density at radius 3 is 2.56 bits per heavy atom. The molecule has 1 fully saturated rings.